The normalized spacial score (nSPS) is 28.1. The van der Waals surface area contributed by atoms with Gasteiger partial charge in [0.15, 0.2) is 0 Å². The van der Waals surface area contributed by atoms with Crippen LogP contribution in [0.4, 0.5) is 0 Å². The summed E-state index contributed by atoms with van der Waals surface area (Å²) >= 11 is 0. The third-order valence-corrected chi connectivity index (χ3v) is 2.81. The van der Waals surface area contributed by atoms with Crippen LogP contribution in [-0.2, 0) is 4.74 Å². The minimum Gasteiger partial charge on any atom is -0.386 e. The zero-order valence-electron chi connectivity index (χ0n) is 8.86. The molecule has 0 spiro atoms. The number of aliphatic hydroxyl groups is 1. The molecule has 5 heteroatoms. The Morgan fingerprint density at radius 2 is 2.67 bits per heavy atom. The third kappa shape index (κ3) is 2.56. The number of aromatic nitrogens is 2. The highest BCUT2D eigenvalue weighted by Gasteiger charge is 2.32. The van der Waals surface area contributed by atoms with E-state index in [0.29, 0.717) is 26.2 Å². The van der Waals surface area contributed by atoms with Crippen molar-refractivity contribution in [2.45, 2.75) is 25.0 Å². The maximum atomic E-state index is 10.0. The fourth-order valence-corrected chi connectivity index (χ4v) is 1.70. The molecule has 1 aliphatic rings. The smallest absolute Gasteiger partial charge is 0.103 e. The van der Waals surface area contributed by atoms with Gasteiger partial charge in [0.05, 0.1) is 12.3 Å². The van der Waals surface area contributed by atoms with Gasteiger partial charge in [0.2, 0.25) is 0 Å². The molecule has 84 valence electrons. The van der Waals surface area contributed by atoms with E-state index in [4.69, 9.17) is 4.74 Å². The second-order valence-electron chi connectivity index (χ2n) is 4.14. The van der Waals surface area contributed by atoms with Gasteiger partial charge in [-0.05, 0) is 13.0 Å². The van der Waals surface area contributed by atoms with Gasteiger partial charge in [-0.25, -0.2) is 0 Å². The average Bonchev–Trinajstić information content (AvgIpc) is 2.85. The first-order valence-corrected chi connectivity index (χ1v) is 5.22. The van der Waals surface area contributed by atoms with Crippen LogP contribution in [0, 0.1) is 0 Å². The molecular weight excluding hydrogens is 194 g/mol. The van der Waals surface area contributed by atoms with Crippen molar-refractivity contribution < 1.29 is 9.84 Å². The van der Waals surface area contributed by atoms with Gasteiger partial charge in [0.25, 0.3) is 0 Å². The first kappa shape index (κ1) is 10.6. The predicted octanol–water partition coefficient (Wildman–Crippen LogP) is 0.212. The van der Waals surface area contributed by atoms with Crippen LogP contribution in [-0.4, -0.2) is 40.7 Å². The molecule has 2 heterocycles. The van der Waals surface area contributed by atoms with Crippen LogP contribution < -0.4 is 5.32 Å². The van der Waals surface area contributed by atoms with E-state index >= 15 is 0 Å². The van der Waals surface area contributed by atoms with Gasteiger partial charge in [-0.15, -0.1) is 0 Å². The number of aromatic amines is 1. The fraction of sp³-hybridized carbons (Fsp3) is 0.700. The van der Waals surface area contributed by atoms with Gasteiger partial charge in [0, 0.05) is 31.8 Å². The minimum atomic E-state index is -0.700. The molecule has 1 aromatic rings. The molecular formula is C10H17N3O2. The van der Waals surface area contributed by atoms with E-state index in [0.717, 1.165) is 5.69 Å². The SMILES string of the molecule is CC(NCC1(O)CCOC1)c1ccn[nH]1. The largest absolute Gasteiger partial charge is 0.386 e. The Hall–Kier alpha value is -0.910. The first-order valence-electron chi connectivity index (χ1n) is 5.22. The summed E-state index contributed by atoms with van der Waals surface area (Å²) in [7, 11) is 0. The van der Waals surface area contributed by atoms with Gasteiger partial charge in [-0.3, -0.25) is 5.10 Å². The van der Waals surface area contributed by atoms with Gasteiger partial charge >= 0.3 is 0 Å². The third-order valence-electron chi connectivity index (χ3n) is 2.81. The second-order valence-corrected chi connectivity index (χ2v) is 4.14. The van der Waals surface area contributed by atoms with Crippen molar-refractivity contribution in [2.24, 2.45) is 0 Å². The number of hydrogen-bond acceptors (Lipinski definition) is 4. The molecule has 0 bridgehead atoms. The van der Waals surface area contributed by atoms with Crippen molar-refractivity contribution >= 4 is 0 Å². The predicted molar refractivity (Wildman–Crippen MR) is 55.4 cm³/mol. The van der Waals surface area contributed by atoms with Gasteiger partial charge in [-0.1, -0.05) is 0 Å². The Balaban J connectivity index is 1.83. The highest BCUT2D eigenvalue weighted by Crippen LogP contribution is 2.18. The topological polar surface area (TPSA) is 70.2 Å². The van der Waals surface area contributed by atoms with E-state index in [1.807, 2.05) is 13.0 Å². The Kier molecular flexibility index (Phi) is 3.04. The fourth-order valence-electron chi connectivity index (χ4n) is 1.70. The van der Waals surface area contributed by atoms with E-state index in [1.165, 1.54) is 0 Å². The number of hydrogen-bond donors (Lipinski definition) is 3. The Labute approximate surface area is 88.8 Å². The molecule has 0 amide bonds. The zero-order chi connectivity index (χ0) is 10.7. The first-order chi connectivity index (χ1) is 7.20. The molecule has 0 aliphatic carbocycles. The van der Waals surface area contributed by atoms with Crippen molar-refractivity contribution in [3.05, 3.63) is 18.0 Å². The van der Waals surface area contributed by atoms with Crippen LogP contribution in [0.3, 0.4) is 0 Å². The van der Waals surface area contributed by atoms with Crippen molar-refractivity contribution in [2.75, 3.05) is 19.8 Å². The molecule has 1 fully saturated rings. The van der Waals surface area contributed by atoms with Crippen LogP contribution in [0.5, 0.6) is 0 Å². The lowest BCUT2D eigenvalue weighted by Crippen LogP contribution is -2.41. The monoisotopic (exact) mass is 211 g/mol. The lowest BCUT2D eigenvalue weighted by Gasteiger charge is -2.23. The summed E-state index contributed by atoms with van der Waals surface area (Å²) in [6.45, 7) is 3.66. The van der Waals surface area contributed by atoms with Crippen LogP contribution in [0.25, 0.3) is 0 Å². The zero-order valence-corrected chi connectivity index (χ0v) is 8.86. The summed E-state index contributed by atoms with van der Waals surface area (Å²) in [6, 6.07) is 2.09. The number of nitrogens with one attached hydrogen (secondary N) is 2. The van der Waals surface area contributed by atoms with Gasteiger partial charge in [0.1, 0.15) is 5.60 Å². The van der Waals surface area contributed by atoms with E-state index in [2.05, 4.69) is 15.5 Å². The maximum absolute atomic E-state index is 10.0. The quantitative estimate of drug-likeness (QED) is 0.666. The molecule has 0 radical (unpaired) electrons. The van der Waals surface area contributed by atoms with Gasteiger partial charge in [-0.2, -0.15) is 5.10 Å². The highest BCUT2D eigenvalue weighted by molar-refractivity contribution is 5.03. The molecule has 2 unspecified atom stereocenters. The van der Waals surface area contributed by atoms with Crippen LogP contribution in [0.1, 0.15) is 25.1 Å². The lowest BCUT2D eigenvalue weighted by molar-refractivity contribution is 0.0251. The average molecular weight is 211 g/mol. The molecule has 0 aromatic carbocycles. The van der Waals surface area contributed by atoms with Crippen LogP contribution >= 0.6 is 0 Å². The highest BCUT2D eigenvalue weighted by atomic mass is 16.5. The summed E-state index contributed by atoms with van der Waals surface area (Å²) in [5.74, 6) is 0. The molecule has 3 N–H and O–H groups in total. The second kappa shape index (κ2) is 4.30. The van der Waals surface area contributed by atoms with E-state index < -0.39 is 5.60 Å². The Bertz CT molecular complexity index is 294. The van der Waals surface area contributed by atoms with Gasteiger partial charge < -0.3 is 15.2 Å². The summed E-state index contributed by atoms with van der Waals surface area (Å²) in [5.41, 5.74) is 0.325. The van der Waals surface area contributed by atoms with Crippen LogP contribution in [0.15, 0.2) is 12.3 Å². The number of rotatable bonds is 4. The molecule has 15 heavy (non-hydrogen) atoms. The van der Waals surface area contributed by atoms with Crippen molar-refractivity contribution in [1.82, 2.24) is 15.5 Å². The Morgan fingerprint density at radius 1 is 1.80 bits per heavy atom. The van der Waals surface area contributed by atoms with Crippen molar-refractivity contribution in [1.29, 1.82) is 0 Å². The molecule has 1 aromatic heterocycles. The lowest BCUT2D eigenvalue weighted by atomic mass is 10.0. The van der Waals surface area contributed by atoms with Crippen molar-refractivity contribution in [3.8, 4) is 0 Å². The van der Waals surface area contributed by atoms with E-state index in [-0.39, 0.29) is 6.04 Å². The molecule has 5 nitrogen and oxygen atoms in total. The number of ether oxygens (including phenoxy) is 1. The number of H-pyrrole nitrogens is 1. The van der Waals surface area contributed by atoms with Crippen LogP contribution in [0.2, 0.25) is 0 Å². The summed E-state index contributed by atoms with van der Waals surface area (Å²) in [5, 5.41) is 20.1. The minimum absolute atomic E-state index is 0.164. The van der Waals surface area contributed by atoms with Crippen molar-refractivity contribution in [3.63, 3.8) is 0 Å². The summed E-state index contributed by atoms with van der Waals surface area (Å²) < 4.78 is 5.17. The standard InChI is InChI=1S/C10H17N3O2/c1-8(9-2-4-12-13-9)11-6-10(14)3-5-15-7-10/h2,4,8,11,14H,3,5-7H2,1H3,(H,12,13). The summed E-state index contributed by atoms with van der Waals surface area (Å²) in [6.07, 6.45) is 2.43. The molecule has 1 saturated heterocycles. The molecule has 1 aliphatic heterocycles. The number of nitrogens with zero attached hydrogens (tertiary/aromatic N) is 1. The maximum Gasteiger partial charge on any atom is 0.103 e. The Morgan fingerprint density at radius 3 is 3.27 bits per heavy atom. The molecule has 2 atom stereocenters. The van der Waals surface area contributed by atoms with E-state index in [1.54, 1.807) is 6.20 Å². The van der Waals surface area contributed by atoms with E-state index in [9.17, 15) is 5.11 Å². The molecule has 2 rings (SSSR count). The summed E-state index contributed by atoms with van der Waals surface area (Å²) in [4.78, 5) is 0. The molecule has 0 saturated carbocycles.